The highest BCUT2D eigenvalue weighted by molar-refractivity contribution is 7.80. The molecule has 5 nitrogen and oxygen atoms in total. The molecule has 2 amide bonds. The molecular weight excluding hydrogens is 360 g/mol. The maximum Gasteiger partial charge on any atom is 0.239 e. The molecular formula is C18H15ClN2O3S. The SMILES string of the molecule is O=C1NC(=S)NC(=O)C1Cc1ccc(OCc2ccc(Cl)cc2)cc1. The Labute approximate surface area is 155 Å². The van der Waals surface area contributed by atoms with Crippen LogP contribution in [0.2, 0.25) is 5.02 Å². The molecule has 0 aromatic heterocycles. The number of carbonyl (C=O) groups excluding carboxylic acids is 2. The Bertz CT molecular complexity index is 786. The molecule has 7 heteroatoms. The normalized spacial score (nSPS) is 14.8. The summed E-state index contributed by atoms with van der Waals surface area (Å²) in [5, 5.41) is 5.66. The molecule has 2 N–H and O–H groups in total. The van der Waals surface area contributed by atoms with Crippen LogP contribution in [0.15, 0.2) is 48.5 Å². The van der Waals surface area contributed by atoms with Crippen LogP contribution in [0.5, 0.6) is 5.75 Å². The third kappa shape index (κ3) is 4.55. The van der Waals surface area contributed by atoms with E-state index in [1.165, 1.54) is 0 Å². The number of ether oxygens (including phenoxy) is 1. The molecule has 1 saturated heterocycles. The lowest BCUT2D eigenvalue weighted by Crippen LogP contribution is -2.56. The molecule has 128 valence electrons. The van der Waals surface area contributed by atoms with E-state index in [4.69, 9.17) is 28.6 Å². The Hall–Kier alpha value is -2.44. The Morgan fingerprint density at radius 3 is 2.08 bits per heavy atom. The lowest BCUT2D eigenvalue weighted by Gasteiger charge is -2.22. The molecule has 25 heavy (non-hydrogen) atoms. The number of halogens is 1. The third-order valence-electron chi connectivity index (χ3n) is 3.79. The summed E-state index contributed by atoms with van der Waals surface area (Å²) >= 11 is 10.6. The predicted octanol–water partition coefficient (Wildman–Crippen LogP) is 2.61. The van der Waals surface area contributed by atoms with Crippen LogP contribution in [0, 0.1) is 5.92 Å². The van der Waals surface area contributed by atoms with Gasteiger partial charge in [0.1, 0.15) is 18.3 Å². The monoisotopic (exact) mass is 374 g/mol. The van der Waals surface area contributed by atoms with E-state index in [1.807, 2.05) is 48.5 Å². The van der Waals surface area contributed by atoms with E-state index < -0.39 is 5.92 Å². The molecule has 1 aliphatic heterocycles. The molecule has 0 unspecified atom stereocenters. The minimum atomic E-state index is -0.785. The minimum Gasteiger partial charge on any atom is -0.489 e. The lowest BCUT2D eigenvalue weighted by atomic mass is 9.96. The summed E-state index contributed by atoms with van der Waals surface area (Å²) in [5.41, 5.74) is 1.88. The third-order valence-corrected chi connectivity index (χ3v) is 4.24. The summed E-state index contributed by atoms with van der Waals surface area (Å²) in [6, 6.07) is 14.7. The Morgan fingerprint density at radius 1 is 0.920 bits per heavy atom. The van der Waals surface area contributed by atoms with Crippen molar-refractivity contribution in [1.29, 1.82) is 0 Å². The Balaban J connectivity index is 1.58. The zero-order valence-electron chi connectivity index (χ0n) is 13.1. The number of benzene rings is 2. The molecule has 0 spiro atoms. The Kier molecular flexibility index (Phi) is 5.31. The fraction of sp³-hybridized carbons (Fsp3) is 0.167. The van der Waals surface area contributed by atoms with Gasteiger partial charge in [-0.3, -0.25) is 9.59 Å². The van der Waals surface area contributed by atoms with Crippen molar-refractivity contribution >= 4 is 40.7 Å². The molecule has 1 aliphatic rings. The van der Waals surface area contributed by atoms with Gasteiger partial charge in [0.15, 0.2) is 5.11 Å². The van der Waals surface area contributed by atoms with Gasteiger partial charge in [-0.2, -0.15) is 0 Å². The topological polar surface area (TPSA) is 67.4 Å². The fourth-order valence-corrected chi connectivity index (χ4v) is 2.77. The van der Waals surface area contributed by atoms with Gasteiger partial charge in [0.2, 0.25) is 11.8 Å². The van der Waals surface area contributed by atoms with E-state index in [2.05, 4.69) is 10.6 Å². The van der Waals surface area contributed by atoms with Gasteiger partial charge in [-0.15, -0.1) is 0 Å². The zero-order chi connectivity index (χ0) is 17.8. The summed E-state index contributed by atoms with van der Waals surface area (Å²) < 4.78 is 5.71. The van der Waals surface area contributed by atoms with Crippen LogP contribution in [0.1, 0.15) is 11.1 Å². The molecule has 1 heterocycles. The molecule has 3 rings (SSSR count). The molecule has 0 atom stereocenters. The average Bonchev–Trinajstić information content (AvgIpc) is 2.59. The smallest absolute Gasteiger partial charge is 0.239 e. The van der Waals surface area contributed by atoms with Crippen molar-refractivity contribution in [3.05, 3.63) is 64.7 Å². The number of thiocarbonyl (C=S) groups is 1. The molecule has 2 aromatic rings. The van der Waals surface area contributed by atoms with Gasteiger partial charge < -0.3 is 15.4 Å². The van der Waals surface area contributed by atoms with Crippen LogP contribution in [-0.4, -0.2) is 16.9 Å². The first-order chi connectivity index (χ1) is 12.0. The summed E-state index contributed by atoms with van der Waals surface area (Å²) in [6.07, 6.45) is 0.303. The van der Waals surface area contributed by atoms with Gasteiger partial charge in [-0.1, -0.05) is 35.9 Å². The highest BCUT2D eigenvalue weighted by Gasteiger charge is 2.32. The van der Waals surface area contributed by atoms with Crippen molar-refractivity contribution in [1.82, 2.24) is 10.6 Å². The Morgan fingerprint density at radius 2 is 1.48 bits per heavy atom. The first kappa shape index (κ1) is 17.4. The van der Waals surface area contributed by atoms with E-state index in [0.717, 1.165) is 11.1 Å². The molecule has 0 aliphatic carbocycles. The number of hydrogen-bond acceptors (Lipinski definition) is 4. The van der Waals surface area contributed by atoms with Gasteiger partial charge in [-0.25, -0.2) is 0 Å². The van der Waals surface area contributed by atoms with Gasteiger partial charge in [0.25, 0.3) is 0 Å². The second-order valence-electron chi connectivity index (χ2n) is 5.62. The predicted molar refractivity (Wildman–Crippen MR) is 98.3 cm³/mol. The highest BCUT2D eigenvalue weighted by atomic mass is 35.5. The average molecular weight is 375 g/mol. The first-order valence-electron chi connectivity index (χ1n) is 7.63. The van der Waals surface area contributed by atoms with E-state index in [1.54, 1.807) is 0 Å². The van der Waals surface area contributed by atoms with Crippen LogP contribution in [0.3, 0.4) is 0 Å². The molecule has 0 saturated carbocycles. The highest BCUT2D eigenvalue weighted by Crippen LogP contribution is 2.18. The van der Waals surface area contributed by atoms with Crippen LogP contribution < -0.4 is 15.4 Å². The largest absolute Gasteiger partial charge is 0.489 e. The van der Waals surface area contributed by atoms with E-state index in [-0.39, 0.29) is 16.9 Å². The summed E-state index contributed by atoms with van der Waals surface area (Å²) in [7, 11) is 0. The maximum absolute atomic E-state index is 11.9. The lowest BCUT2D eigenvalue weighted by molar-refractivity contribution is -0.135. The van der Waals surface area contributed by atoms with E-state index >= 15 is 0 Å². The van der Waals surface area contributed by atoms with Gasteiger partial charge in [0.05, 0.1) is 0 Å². The van der Waals surface area contributed by atoms with Gasteiger partial charge >= 0.3 is 0 Å². The van der Waals surface area contributed by atoms with Crippen molar-refractivity contribution in [3.63, 3.8) is 0 Å². The number of hydrogen-bond donors (Lipinski definition) is 2. The van der Waals surface area contributed by atoms with Crippen molar-refractivity contribution in [2.45, 2.75) is 13.0 Å². The quantitative estimate of drug-likeness (QED) is 0.623. The van der Waals surface area contributed by atoms with Crippen LogP contribution >= 0.6 is 23.8 Å². The number of nitrogens with one attached hydrogen (secondary N) is 2. The number of rotatable bonds is 5. The summed E-state index contributed by atoms with van der Waals surface area (Å²) in [6.45, 7) is 0.432. The first-order valence-corrected chi connectivity index (χ1v) is 8.42. The number of carbonyl (C=O) groups is 2. The molecule has 0 radical (unpaired) electrons. The fourth-order valence-electron chi connectivity index (χ4n) is 2.44. The molecule has 0 bridgehead atoms. The van der Waals surface area contributed by atoms with Gasteiger partial charge in [-0.05, 0) is 54.0 Å². The zero-order valence-corrected chi connectivity index (χ0v) is 14.7. The molecule has 2 aromatic carbocycles. The minimum absolute atomic E-state index is 0.0530. The second-order valence-corrected chi connectivity index (χ2v) is 6.47. The van der Waals surface area contributed by atoms with E-state index in [9.17, 15) is 9.59 Å². The second kappa shape index (κ2) is 7.63. The van der Waals surface area contributed by atoms with Crippen LogP contribution in [0.25, 0.3) is 0 Å². The summed E-state index contributed by atoms with van der Waals surface area (Å²) in [5.74, 6) is -0.835. The molecule has 1 fully saturated rings. The van der Waals surface area contributed by atoms with Crippen molar-refractivity contribution in [2.75, 3.05) is 0 Å². The maximum atomic E-state index is 11.9. The van der Waals surface area contributed by atoms with Crippen LogP contribution in [-0.2, 0) is 22.6 Å². The summed E-state index contributed by atoms with van der Waals surface area (Å²) in [4.78, 5) is 23.8. The van der Waals surface area contributed by atoms with Crippen molar-refractivity contribution in [2.24, 2.45) is 5.92 Å². The van der Waals surface area contributed by atoms with Gasteiger partial charge in [0, 0.05) is 5.02 Å². The van der Waals surface area contributed by atoms with Crippen molar-refractivity contribution < 1.29 is 14.3 Å². The van der Waals surface area contributed by atoms with E-state index in [0.29, 0.717) is 23.8 Å². The van der Waals surface area contributed by atoms with Crippen LogP contribution in [0.4, 0.5) is 0 Å². The number of amides is 2. The standard InChI is InChI=1S/C18H15ClN2O3S/c19-13-5-1-12(2-6-13)10-24-14-7-3-11(4-8-14)9-15-16(22)20-18(25)21-17(15)23/h1-8,15H,9-10H2,(H2,20,21,22,23,25). The van der Waals surface area contributed by atoms with Crippen molar-refractivity contribution in [3.8, 4) is 5.75 Å².